The first kappa shape index (κ1) is 25.2. The molecule has 0 spiro atoms. The number of halogens is 2. The summed E-state index contributed by atoms with van der Waals surface area (Å²) in [7, 11) is 0. The fourth-order valence-electron chi connectivity index (χ4n) is 5.05. The van der Waals surface area contributed by atoms with Crippen molar-refractivity contribution in [2.45, 2.75) is 63.1 Å². The molecule has 2 bridgehead atoms. The van der Waals surface area contributed by atoms with Gasteiger partial charge in [-0.15, -0.1) is 0 Å². The normalized spacial score (nSPS) is 25.1. The molecule has 35 heavy (non-hydrogen) atoms. The smallest absolute Gasteiger partial charge is 0.258 e. The number of fused-ring (bicyclic) bond motifs is 3. The topological polar surface area (TPSA) is 110 Å². The first-order valence-corrected chi connectivity index (χ1v) is 11.9. The number of aliphatic hydroxyl groups is 1. The number of ether oxygens (including phenoxy) is 2. The molecule has 8 nitrogen and oxygen atoms in total. The summed E-state index contributed by atoms with van der Waals surface area (Å²) in [6.45, 7) is 3.26. The van der Waals surface area contributed by atoms with Gasteiger partial charge in [0.1, 0.15) is 17.3 Å². The molecule has 3 aliphatic carbocycles. The average Bonchev–Trinajstić information content (AvgIpc) is 2.79. The van der Waals surface area contributed by atoms with Crippen LogP contribution in [0.25, 0.3) is 0 Å². The number of nitrogens with one attached hydrogen (secondary N) is 2. The second kappa shape index (κ2) is 9.99. The summed E-state index contributed by atoms with van der Waals surface area (Å²) in [5.41, 5.74) is 0.297. The highest BCUT2D eigenvalue weighted by Crippen LogP contribution is 2.47. The molecule has 3 aliphatic rings. The Morgan fingerprint density at radius 1 is 1.03 bits per heavy atom. The number of benzene rings is 1. The van der Waals surface area contributed by atoms with Crippen molar-refractivity contribution in [2.75, 3.05) is 13.2 Å². The van der Waals surface area contributed by atoms with Gasteiger partial charge in [0.25, 0.3) is 11.8 Å². The average molecular weight is 506 g/mol. The predicted octanol–water partition coefficient (Wildman–Crippen LogP) is 3.00. The number of nitrogens with zero attached hydrogens (tertiary/aromatic N) is 1. The first-order chi connectivity index (χ1) is 16.6. The molecule has 3 saturated carbocycles. The van der Waals surface area contributed by atoms with E-state index in [1.807, 2.05) is 13.8 Å². The third-order valence-electron chi connectivity index (χ3n) is 6.80. The zero-order valence-electron chi connectivity index (χ0n) is 19.7. The minimum atomic E-state index is -0.814. The van der Waals surface area contributed by atoms with Crippen molar-refractivity contribution in [3.63, 3.8) is 0 Å². The summed E-state index contributed by atoms with van der Waals surface area (Å²) >= 11 is 5.66. The Morgan fingerprint density at radius 3 is 2.23 bits per heavy atom. The summed E-state index contributed by atoms with van der Waals surface area (Å²) in [6.07, 6.45) is 1.77. The van der Waals surface area contributed by atoms with Gasteiger partial charge in [-0.3, -0.25) is 14.6 Å². The van der Waals surface area contributed by atoms with Crippen molar-refractivity contribution < 1.29 is 28.6 Å². The van der Waals surface area contributed by atoms with Crippen LogP contribution in [0.15, 0.2) is 30.3 Å². The van der Waals surface area contributed by atoms with Crippen LogP contribution in [0.1, 0.15) is 43.5 Å². The number of carbonyl (C=O) groups is 2. The van der Waals surface area contributed by atoms with Crippen molar-refractivity contribution in [2.24, 2.45) is 0 Å². The van der Waals surface area contributed by atoms with Gasteiger partial charge in [-0.25, -0.2) is 4.39 Å². The Bertz CT molecular complexity index is 1100. The third-order valence-corrected chi connectivity index (χ3v) is 7.11. The lowest BCUT2D eigenvalue weighted by Gasteiger charge is -2.56. The van der Waals surface area contributed by atoms with Gasteiger partial charge in [0.05, 0.1) is 16.7 Å². The van der Waals surface area contributed by atoms with E-state index in [9.17, 15) is 19.1 Å². The van der Waals surface area contributed by atoms with Crippen LogP contribution < -0.4 is 20.1 Å². The fraction of sp³-hybridized carbons (Fsp3) is 0.480. The molecular formula is C25H29ClFN3O5. The van der Waals surface area contributed by atoms with Gasteiger partial charge in [-0.05, 0) is 58.1 Å². The maximum absolute atomic E-state index is 13.6. The van der Waals surface area contributed by atoms with Crippen LogP contribution in [0, 0.1) is 19.7 Å². The van der Waals surface area contributed by atoms with Gasteiger partial charge in [0, 0.05) is 35.1 Å². The zero-order valence-corrected chi connectivity index (χ0v) is 20.5. The number of rotatable bonds is 8. The first-order valence-electron chi connectivity index (χ1n) is 11.5. The molecule has 10 heteroatoms. The van der Waals surface area contributed by atoms with Crippen molar-refractivity contribution in [3.8, 4) is 11.5 Å². The third kappa shape index (κ3) is 5.85. The molecule has 0 radical (unpaired) electrons. The van der Waals surface area contributed by atoms with E-state index in [1.54, 1.807) is 12.1 Å². The molecule has 1 aromatic carbocycles. The van der Waals surface area contributed by atoms with Crippen LogP contribution in [0.5, 0.6) is 11.5 Å². The maximum Gasteiger partial charge on any atom is 0.258 e. The molecule has 188 valence electrons. The number of aromatic nitrogens is 1. The van der Waals surface area contributed by atoms with Crippen molar-refractivity contribution in [1.29, 1.82) is 0 Å². The van der Waals surface area contributed by atoms with Crippen molar-refractivity contribution in [1.82, 2.24) is 15.6 Å². The predicted molar refractivity (Wildman–Crippen MR) is 127 cm³/mol. The maximum atomic E-state index is 13.6. The van der Waals surface area contributed by atoms with Gasteiger partial charge >= 0.3 is 0 Å². The lowest BCUT2D eigenvalue weighted by molar-refractivity contribution is -0.137. The van der Waals surface area contributed by atoms with Gasteiger partial charge in [0.2, 0.25) is 0 Å². The summed E-state index contributed by atoms with van der Waals surface area (Å²) in [5, 5.41) is 16.8. The highest BCUT2D eigenvalue weighted by molar-refractivity contribution is 6.30. The molecule has 0 unspecified atom stereocenters. The van der Waals surface area contributed by atoms with Crippen molar-refractivity contribution in [3.05, 3.63) is 52.6 Å². The van der Waals surface area contributed by atoms with Crippen molar-refractivity contribution >= 4 is 23.4 Å². The molecule has 3 N–H and O–H groups in total. The molecule has 5 rings (SSSR count). The molecule has 1 atom stereocenters. The molecule has 1 heterocycles. The van der Waals surface area contributed by atoms with E-state index in [1.165, 1.54) is 12.1 Å². The van der Waals surface area contributed by atoms with Crippen LogP contribution in [0.2, 0.25) is 5.02 Å². The van der Waals surface area contributed by atoms with Gasteiger partial charge < -0.3 is 25.2 Å². The highest BCUT2D eigenvalue weighted by Gasteiger charge is 2.55. The van der Waals surface area contributed by atoms with Gasteiger partial charge in [-0.1, -0.05) is 11.6 Å². The van der Waals surface area contributed by atoms with Crippen LogP contribution in [0.3, 0.4) is 0 Å². The molecule has 3 fully saturated rings. The number of pyridine rings is 1. The number of carbonyl (C=O) groups excluding carboxylic acids is 2. The van der Waals surface area contributed by atoms with Gasteiger partial charge in [-0.2, -0.15) is 0 Å². The minimum Gasteiger partial charge on any atom is -0.484 e. The Labute approximate surface area is 208 Å². The molecule has 2 aromatic rings. The summed E-state index contributed by atoms with van der Waals surface area (Å²) in [6, 6.07) is 7.49. The number of amides is 2. The minimum absolute atomic E-state index is 0.0243. The number of hydrogen-bond acceptors (Lipinski definition) is 6. The number of aryl methyl sites for hydroxylation is 2. The van der Waals surface area contributed by atoms with E-state index in [0.29, 0.717) is 37.9 Å². The Morgan fingerprint density at radius 2 is 1.63 bits per heavy atom. The zero-order chi connectivity index (χ0) is 25.2. The lowest BCUT2D eigenvalue weighted by Crippen LogP contribution is -2.70. The van der Waals surface area contributed by atoms with Crippen LogP contribution >= 0.6 is 11.6 Å². The molecule has 2 amide bonds. The molecule has 1 aromatic heterocycles. The quantitative estimate of drug-likeness (QED) is 0.509. The van der Waals surface area contributed by atoms with Crippen LogP contribution in [-0.2, 0) is 9.59 Å². The standard InChI is InChI=1S/C25H29ClFN3O5/c1-15-9-18(10-16(2)28-15)35-14-23(33)30-25-7-5-24(6-8-25,12-21(25)31)29-22(32)13-34-17-3-4-19(26)20(27)11-17/h3-4,9-11,21,31H,5-8,12-14H2,1-2H3,(H,29,32)(H,30,33)/t21-,24?,25?/m1/s1. The summed E-state index contributed by atoms with van der Waals surface area (Å²) in [4.78, 5) is 29.4. The van der Waals surface area contributed by atoms with E-state index in [4.69, 9.17) is 21.1 Å². The van der Waals surface area contributed by atoms with Gasteiger partial charge in [0.15, 0.2) is 13.2 Å². The van der Waals surface area contributed by atoms with E-state index in [0.717, 1.165) is 17.5 Å². The van der Waals surface area contributed by atoms with E-state index in [2.05, 4.69) is 15.6 Å². The molecule has 0 aliphatic heterocycles. The second-order valence-corrected chi connectivity index (χ2v) is 9.90. The number of aliphatic hydroxyl groups excluding tert-OH is 1. The molecular weight excluding hydrogens is 477 g/mol. The Balaban J connectivity index is 1.28. The largest absolute Gasteiger partial charge is 0.484 e. The van der Waals surface area contributed by atoms with E-state index in [-0.39, 0.29) is 35.8 Å². The SMILES string of the molecule is Cc1cc(OCC(=O)NC23CCC(NC(=O)COc4ccc(Cl)c(F)c4)(CC2)C[C@H]3O)cc(C)n1. The van der Waals surface area contributed by atoms with E-state index < -0.39 is 23.0 Å². The molecule has 0 saturated heterocycles. The van der Waals surface area contributed by atoms with Crippen LogP contribution in [0.4, 0.5) is 4.39 Å². The van der Waals surface area contributed by atoms with E-state index >= 15 is 0 Å². The lowest BCUT2D eigenvalue weighted by atomic mass is 9.60. The summed E-state index contributed by atoms with van der Waals surface area (Å²) in [5.74, 6) is -0.519. The fourth-order valence-corrected chi connectivity index (χ4v) is 5.17. The second-order valence-electron chi connectivity index (χ2n) is 9.49. The Hall–Kier alpha value is -2.91. The monoisotopic (exact) mass is 505 g/mol. The Kier molecular flexibility index (Phi) is 7.19. The number of hydrogen-bond donors (Lipinski definition) is 3. The van der Waals surface area contributed by atoms with Crippen LogP contribution in [-0.4, -0.2) is 52.3 Å². The summed E-state index contributed by atoms with van der Waals surface area (Å²) < 4.78 is 24.6. The highest BCUT2D eigenvalue weighted by atomic mass is 35.5.